The van der Waals surface area contributed by atoms with E-state index >= 15 is 0 Å². The van der Waals surface area contributed by atoms with Gasteiger partial charge in [-0.1, -0.05) is 32.5 Å². The lowest BCUT2D eigenvalue weighted by Crippen LogP contribution is -2.48. The first-order valence-corrected chi connectivity index (χ1v) is 14.4. The number of nitrogens with two attached hydrogens (primary N) is 1. The van der Waals surface area contributed by atoms with Gasteiger partial charge in [-0.25, -0.2) is 18.7 Å². The molecule has 16 heteroatoms. The predicted molar refractivity (Wildman–Crippen MR) is 184 cm³/mol. The molecule has 5 rings (SSSR count). The number of carbonyl (C=O) groups is 2. The Morgan fingerprint density at radius 3 is 2.27 bits per heavy atom. The van der Waals surface area contributed by atoms with Gasteiger partial charge in [0, 0.05) is 30.3 Å². The molecular formula is C32H41Cl2F4N8O2+. The lowest BCUT2D eigenvalue weighted by atomic mass is 9.93. The predicted octanol–water partition coefficient (Wildman–Crippen LogP) is 7.54. The summed E-state index contributed by atoms with van der Waals surface area (Å²) in [4.78, 5) is 31.3. The third kappa shape index (κ3) is 8.85. The topological polar surface area (TPSA) is 118 Å². The number of fused-ring (bicyclic) bond motifs is 1. The van der Waals surface area contributed by atoms with Gasteiger partial charge in [-0.15, -0.1) is 12.4 Å². The summed E-state index contributed by atoms with van der Waals surface area (Å²) in [5, 5.41) is 9.10. The van der Waals surface area contributed by atoms with Crippen LogP contribution in [0.3, 0.4) is 0 Å². The quantitative estimate of drug-likeness (QED) is 0.141. The van der Waals surface area contributed by atoms with Gasteiger partial charge in [0.1, 0.15) is 17.7 Å². The van der Waals surface area contributed by atoms with Gasteiger partial charge in [0.05, 0.1) is 43.1 Å². The zero-order chi connectivity index (χ0) is 32.7. The molecule has 2 aromatic carbocycles. The van der Waals surface area contributed by atoms with Gasteiger partial charge in [-0.2, -0.15) is 18.3 Å². The number of hydrogen-bond acceptors (Lipinski definition) is 5. The van der Waals surface area contributed by atoms with Crippen molar-refractivity contribution in [2.45, 2.75) is 39.8 Å². The van der Waals surface area contributed by atoms with E-state index in [-0.39, 0.29) is 55.6 Å². The Kier molecular flexibility index (Phi) is 12.8. The van der Waals surface area contributed by atoms with Crippen LogP contribution in [0.2, 0.25) is 5.02 Å². The normalized spacial score (nSPS) is 13.6. The Hall–Kier alpha value is -4.14. The number of urea groups is 1. The molecular weight excluding hydrogens is 675 g/mol. The van der Waals surface area contributed by atoms with Crippen LogP contribution in [-0.4, -0.2) is 76.7 Å². The zero-order valence-corrected chi connectivity index (χ0v) is 26.7. The van der Waals surface area contributed by atoms with E-state index in [9.17, 15) is 27.2 Å². The fourth-order valence-corrected chi connectivity index (χ4v) is 5.62. The number of piperidine rings is 1. The molecule has 0 saturated carbocycles. The van der Waals surface area contributed by atoms with E-state index in [0.717, 1.165) is 18.5 Å². The third-order valence-corrected chi connectivity index (χ3v) is 7.87. The van der Waals surface area contributed by atoms with Crippen molar-refractivity contribution < 1.29 is 31.6 Å². The number of likely N-dealkylation sites (N-methyl/N-ethyl adjacent to an activating group) is 1. The van der Waals surface area contributed by atoms with Crippen LogP contribution in [0.5, 0.6) is 0 Å². The molecule has 10 nitrogen and oxygen atoms in total. The Labute approximate surface area is 288 Å². The second-order valence-electron chi connectivity index (χ2n) is 12.0. The van der Waals surface area contributed by atoms with Crippen molar-refractivity contribution in [2.24, 2.45) is 0 Å². The number of hydrogen-bond donors (Lipinski definition) is 3. The van der Waals surface area contributed by atoms with E-state index in [4.69, 9.17) is 17.3 Å². The molecule has 1 aliphatic rings. The highest BCUT2D eigenvalue weighted by Gasteiger charge is 2.32. The number of rotatable bonds is 6. The first kappa shape index (κ1) is 40.0. The van der Waals surface area contributed by atoms with E-state index in [1.54, 1.807) is 16.6 Å². The number of carbonyl (C=O) groups excluding carboxylic acids is 2. The molecule has 4 N–H and O–H groups in total. The molecule has 3 amide bonds. The fraction of sp³-hybridized carbons (Fsp3) is 0.375. The number of aromatic nitrogens is 3. The summed E-state index contributed by atoms with van der Waals surface area (Å²) in [5.74, 6) is -0.560. The molecule has 1 fully saturated rings. The van der Waals surface area contributed by atoms with Crippen molar-refractivity contribution in [3.8, 4) is 11.1 Å². The molecule has 0 spiro atoms. The average Bonchev–Trinajstić information content (AvgIpc) is 3.35. The summed E-state index contributed by atoms with van der Waals surface area (Å²) in [5.41, 5.74) is 7.52. The van der Waals surface area contributed by atoms with Crippen LogP contribution < -0.4 is 16.4 Å². The molecule has 0 aliphatic carbocycles. The summed E-state index contributed by atoms with van der Waals surface area (Å²) >= 11 is 6.51. The van der Waals surface area contributed by atoms with E-state index in [1.807, 2.05) is 32.1 Å². The van der Waals surface area contributed by atoms with Crippen molar-refractivity contribution in [1.82, 2.24) is 19.5 Å². The number of nitrogen functional groups attached to an aromatic ring is 1. The maximum atomic E-state index is 14.1. The lowest BCUT2D eigenvalue weighted by molar-refractivity contribution is -0.862. The van der Waals surface area contributed by atoms with Gasteiger partial charge in [0.2, 0.25) is 0 Å². The van der Waals surface area contributed by atoms with Crippen molar-refractivity contribution in [1.29, 1.82) is 0 Å². The molecule has 0 bridgehead atoms. The highest BCUT2D eigenvalue weighted by molar-refractivity contribution is 6.34. The summed E-state index contributed by atoms with van der Waals surface area (Å²) in [7, 11) is 5.94. The van der Waals surface area contributed by atoms with Gasteiger partial charge in [-0.3, -0.25) is 4.79 Å². The van der Waals surface area contributed by atoms with E-state index in [0.29, 0.717) is 59.0 Å². The number of alkyl halides is 3. The maximum Gasteiger partial charge on any atom is 0.416 e. The number of nitrogens with zero attached hydrogens (tertiary/aromatic N) is 5. The van der Waals surface area contributed by atoms with Crippen LogP contribution >= 0.6 is 24.0 Å². The van der Waals surface area contributed by atoms with Crippen LogP contribution in [0.1, 0.15) is 44.9 Å². The molecule has 0 unspecified atom stereocenters. The molecule has 1 saturated heterocycles. The third-order valence-electron chi connectivity index (χ3n) is 7.56. The Morgan fingerprint density at radius 1 is 1.02 bits per heavy atom. The smallest absolute Gasteiger partial charge is 0.382 e. The first-order valence-electron chi connectivity index (χ1n) is 14.1. The number of likely N-dealkylation sites (tertiary alicyclic amines) is 1. The monoisotopic (exact) mass is 715 g/mol. The molecule has 0 radical (unpaired) electrons. The highest BCUT2D eigenvalue weighted by atomic mass is 35.5. The van der Waals surface area contributed by atoms with Crippen LogP contribution in [0.4, 0.5) is 39.5 Å². The number of halogens is 6. The summed E-state index contributed by atoms with van der Waals surface area (Å²) < 4.78 is 55.5. The molecule has 48 heavy (non-hydrogen) atoms. The number of nitrogens with one attached hydrogen (secondary N) is 2. The van der Waals surface area contributed by atoms with E-state index in [1.165, 1.54) is 12.4 Å². The lowest BCUT2D eigenvalue weighted by Gasteiger charge is -2.34. The van der Waals surface area contributed by atoms with Crippen molar-refractivity contribution >= 4 is 58.7 Å². The van der Waals surface area contributed by atoms with E-state index in [2.05, 4.69) is 20.7 Å². The number of quaternary nitrogens is 1. The molecule has 4 aromatic rings. The zero-order valence-electron chi connectivity index (χ0n) is 25.2. The molecule has 2 aromatic heterocycles. The SMILES string of the molecule is C.C.C[N+](C)(C)CC(=O)N1CCC(c2cc(-c3ccc(NC(=O)Nc4cc(C(F)(F)F)ccc4F)c(Cl)c3)c3c(N)ncnn23)CC1.Cl. The fourth-order valence-electron chi connectivity index (χ4n) is 5.39. The van der Waals surface area contributed by atoms with Gasteiger partial charge in [-0.05, 0) is 54.8 Å². The van der Waals surface area contributed by atoms with Gasteiger partial charge in [0.25, 0.3) is 5.91 Å². The number of anilines is 3. The minimum absolute atomic E-state index is 0. The Morgan fingerprint density at radius 2 is 1.67 bits per heavy atom. The van der Waals surface area contributed by atoms with Gasteiger partial charge >= 0.3 is 12.2 Å². The molecule has 0 atom stereocenters. The minimum Gasteiger partial charge on any atom is -0.382 e. The largest absolute Gasteiger partial charge is 0.416 e. The van der Waals surface area contributed by atoms with Gasteiger partial charge < -0.3 is 25.8 Å². The second-order valence-corrected chi connectivity index (χ2v) is 12.4. The first-order chi connectivity index (χ1) is 21.1. The Bertz CT molecular complexity index is 1770. The Balaban J connectivity index is 0.00000267. The van der Waals surface area contributed by atoms with Crippen molar-refractivity contribution in [3.05, 3.63) is 70.9 Å². The second kappa shape index (κ2) is 15.4. The van der Waals surface area contributed by atoms with Crippen molar-refractivity contribution in [2.75, 3.05) is 57.1 Å². The maximum absolute atomic E-state index is 14.1. The van der Waals surface area contributed by atoms with E-state index < -0.39 is 29.3 Å². The standard InChI is InChI=1S/C30H31ClF4N8O2.2CH4.ClH/c1-43(2,3)15-26(44)41-10-8-17(9-11-41)25-14-20(27-28(36)37-16-38-42(25)27)18-4-7-23(21(31)12-18)39-29(45)40-24-13-19(30(33,34)35)5-6-22(24)32;;;/h4-7,12-14,16-17H,8-11,15H2,1-3H3,(H3-,36,37,38,39,40,45);2*1H4;1H/p+1. The molecule has 1 aliphatic heterocycles. The summed E-state index contributed by atoms with van der Waals surface area (Å²) in [6.45, 7) is 1.65. The van der Waals surface area contributed by atoms with Crippen LogP contribution in [0, 0.1) is 5.82 Å². The number of amides is 3. The van der Waals surface area contributed by atoms with Gasteiger partial charge in [0.15, 0.2) is 12.4 Å². The van der Waals surface area contributed by atoms with Crippen LogP contribution in [-0.2, 0) is 11.0 Å². The van der Waals surface area contributed by atoms with Crippen molar-refractivity contribution in [3.63, 3.8) is 0 Å². The molecule has 3 heterocycles. The summed E-state index contributed by atoms with van der Waals surface area (Å²) in [6, 6.07) is 7.50. The highest BCUT2D eigenvalue weighted by Crippen LogP contribution is 2.39. The summed E-state index contributed by atoms with van der Waals surface area (Å²) in [6.07, 6.45) is -1.85. The van der Waals surface area contributed by atoms with Crippen LogP contribution in [0.15, 0.2) is 48.8 Å². The minimum atomic E-state index is -4.71. The average molecular weight is 717 g/mol. The molecule has 262 valence electrons. The van der Waals surface area contributed by atoms with Crippen LogP contribution in [0.25, 0.3) is 16.6 Å². The number of benzene rings is 2.